The highest BCUT2D eigenvalue weighted by Gasteiger charge is 2.22. The minimum absolute atomic E-state index is 0.112. The molecular weight excluding hydrogens is 298 g/mol. The highest BCUT2D eigenvalue weighted by molar-refractivity contribution is 5.95. The molecule has 122 valence electrons. The third-order valence-electron chi connectivity index (χ3n) is 3.34. The van der Waals surface area contributed by atoms with Crippen LogP contribution < -0.4 is 5.32 Å². The number of aromatic nitrogens is 2. The van der Waals surface area contributed by atoms with Crippen molar-refractivity contribution in [1.82, 2.24) is 15.1 Å². The minimum Gasteiger partial charge on any atom is -0.480 e. The molecule has 1 aromatic heterocycles. The van der Waals surface area contributed by atoms with Gasteiger partial charge in [0.1, 0.15) is 0 Å². The van der Waals surface area contributed by atoms with Gasteiger partial charge in [-0.25, -0.2) is 9.48 Å². The number of carboxylic acids is 1. The lowest BCUT2D eigenvalue weighted by atomic mass is 10.2. The first-order chi connectivity index (χ1) is 10.9. The number of hydrogen-bond donors (Lipinski definition) is 2. The summed E-state index contributed by atoms with van der Waals surface area (Å²) in [5.74, 6) is -1.71. The Morgan fingerprint density at radius 2 is 1.96 bits per heavy atom. The molecule has 0 aliphatic carbocycles. The molecule has 1 unspecified atom stereocenters. The van der Waals surface area contributed by atoms with E-state index in [1.54, 1.807) is 10.7 Å². The van der Waals surface area contributed by atoms with E-state index in [1.165, 1.54) is 7.11 Å². The van der Waals surface area contributed by atoms with Crippen molar-refractivity contribution in [2.24, 2.45) is 0 Å². The van der Waals surface area contributed by atoms with Gasteiger partial charge in [-0.15, -0.1) is 0 Å². The van der Waals surface area contributed by atoms with Crippen molar-refractivity contribution < 1.29 is 19.4 Å². The van der Waals surface area contributed by atoms with Crippen molar-refractivity contribution in [3.8, 4) is 5.69 Å². The summed E-state index contributed by atoms with van der Waals surface area (Å²) >= 11 is 0. The molecule has 0 spiro atoms. The molecule has 1 heterocycles. The number of amides is 1. The number of carbonyl (C=O) groups is 2. The number of hydrogen-bond acceptors (Lipinski definition) is 4. The van der Waals surface area contributed by atoms with Gasteiger partial charge in [0.2, 0.25) is 0 Å². The minimum atomic E-state index is -1.16. The summed E-state index contributed by atoms with van der Waals surface area (Å²) in [6.45, 7) is 3.70. The Morgan fingerprint density at radius 1 is 1.30 bits per heavy atom. The van der Waals surface area contributed by atoms with Gasteiger partial charge in [-0.2, -0.15) is 5.10 Å². The zero-order valence-corrected chi connectivity index (χ0v) is 13.2. The van der Waals surface area contributed by atoms with Crippen molar-refractivity contribution in [2.45, 2.75) is 19.9 Å². The molecule has 0 fully saturated rings. The van der Waals surface area contributed by atoms with Gasteiger partial charge in [-0.05, 0) is 32.0 Å². The number of ether oxygens (including phenoxy) is 1. The number of rotatable bonds is 6. The lowest BCUT2D eigenvalue weighted by Crippen LogP contribution is -2.44. The van der Waals surface area contributed by atoms with Crippen molar-refractivity contribution >= 4 is 11.9 Å². The Balaban J connectivity index is 2.21. The van der Waals surface area contributed by atoms with Crippen molar-refractivity contribution in [2.75, 3.05) is 13.7 Å². The lowest BCUT2D eigenvalue weighted by molar-refractivity contribution is -0.140. The van der Waals surface area contributed by atoms with Crippen LogP contribution in [0.2, 0.25) is 0 Å². The van der Waals surface area contributed by atoms with Crippen molar-refractivity contribution in [3.63, 3.8) is 0 Å². The van der Waals surface area contributed by atoms with E-state index in [1.807, 2.05) is 38.1 Å². The Morgan fingerprint density at radius 3 is 2.52 bits per heavy atom. The lowest BCUT2D eigenvalue weighted by Gasteiger charge is -2.12. The van der Waals surface area contributed by atoms with Gasteiger partial charge >= 0.3 is 5.97 Å². The fourth-order valence-corrected chi connectivity index (χ4v) is 2.11. The van der Waals surface area contributed by atoms with E-state index in [0.29, 0.717) is 0 Å². The molecule has 2 rings (SSSR count). The molecule has 1 aromatic carbocycles. The summed E-state index contributed by atoms with van der Waals surface area (Å²) in [4.78, 5) is 23.2. The molecule has 2 N–H and O–H groups in total. The number of nitrogens with one attached hydrogen (secondary N) is 1. The summed E-state index contributed by atoms with van der Waals surface area (Å²) in [7, 11) is 1.37. The summed E-state index contributed by atoms with van der Waals surface area (Å²) in [6, 6.07) is 8.22. The topological polar surface area (TPSA) is 93.5 Å². The number of aryl methyl sites for hydroxylation is 2. The molecule has 0 aliphatic heterocycles. The Hall–Kier alpha value is -2.67. The van der Waals surface area contributed by atoms with E-state index in [0.717, 1.165) is 16.9 Å². The largest absolute Gasteiger partial charge is 0.480 e. The highest BCUT2D eigenvalue weighted by atomic mass is 16.5. The number of methoxy groups -OCH3 is 1. The second-order valence-corrected chi connectivity index (χ2v) is 5.24. The number of aliphatic carboxylic acids is 1. The van der Waals surface area contributed by atoms with Crippen LogP contribution in [0.1, 0.15) is 21.7 Å². The van der Waals surface area contributed by atoms with E-state index in [4.69, 9.17) is 9.84 Å². The summed E-state index contributed by atoms with van der Waals surface area (Å²) in [5, 5.41) is 15.7. The van der Waals surface area contributed by atoms with Crippen molar-refractivity contribution in [3.05, 3.63) is 47.3 Å². The molecule has 7 heteroatoms. The first-order valence-electron chi connectivity index (χ1n) is 7.08. The molecule has 2 aromatic rings. The van der Waals surface area contributed by atoms with Crippen molar-refractivity contribution in [1.29, 1.82) is 0 Å². The fourth-order valence-electron chi connectivity index (χ4n) is 2.11. The number of carbonyl (C=O) groups excluding carboxylic acids is 1. The van der Waals surface area contributed by atoms with Gasteiger partial charge in [-0.1, -0.05) is 17.7 Å². The van der Waals surface area contributed by atoms with Crippen LogP contribution in [0.5, 0.6) is 0 Å². The van der Waals surface area contributed by atoms with Crippen LogP contribution in [0.15, 0.2) is 30.3 Å². The Bertz CT molecular complexity index is 707. The second kappa shape index (κ2) is 7.06. The molecule has 0 radical (unpaired) electrons. The average Bonchev–Trinajstić information content (AvgIpc) is 2.89. The maximum absolute atomic E-state index is 12.2. The molecular formula is C16H19N3O4. The van der Waals surface area contributed by atoms with Crippen LogP contribution in [0.25, 0.3) is 5.69 Å². The second-order valence-electron chi connectivity index (χ2n) is 5.24. The zero-order chi connectivity index (χ0) is 17.0. The predicted octanol–water partition coefficient (Wildman–Crippen LogP) is 1.32. The third-order valence-corrected chi connectivity index (χ3v) is 3.34. The van der Waals surface area contributed by atoms with Gasteiger partial charge in [0, 0.05) is 12.8 Å². The van der Waals surface area contributed by atoms with Crippen LogP contribution in [0, 0.1) is 13.8 Å². The number of carboxylic acid groups (broad SMARTS) is 1. The van der Waals surface area contributed by atoms with Crippen LogP contribution in [0.3, 0.4) is 0 Å². The van der Waals surface area contributed by atoms with E-state index >= 15 is 0 Å². The normalized spacial score (nSPS) is 12.0. The quantitative estimate of drug-likeness (QED) is 0.838. The van der Waals surface area contributed by atoms with Gasteiger partial charge in [-0.3, -0.25) is 4.79 Å². The molecule has 7 nitrogen and oxygen atoms in total. The average molecular weight is 317 g/mol. The predicted molar refractivity (Wildman–Crippen MR) is 83.8 cm³/mol. The van der Waals surface area contributed by atoms with Crippen LogP contribution >= 0.6 is 0 Å². The summed E-state index contributed by atoms with van der Waals surface area (Å²) in [6.07, 6.45) is 0. The highest BCUT2D eigenvalue weighted by Crippen LogP contribution is 2.13. The SMILES string of the molecule is COCC(NC(=O)c1cc(C)n(-c2ccc(C)cc2)n1)C(=O)O. The van der Waals surface area contributed by atoms with Crippen LogP contribution in [0.4, 0.5) is 0 Å². The first-order valence-corrected chi connectivity index (χ1v) is 7.08. The number of benzene rings is 1. The van der Waals surface area contributed by atoms with E-state index in [2.05, 4.69) is 10.4 Å². The molecule has 0 saturated heterocycles. The molecule has 1 atom stereocenters. The maximum atomic E-state index is 12.2. The van der Waals surface area contributed by atoms with Gasteiger partial charge in [0.15, 0.2) is 11.7 Å². The standard InChI is InChI=1S/C16H19N3O4/c1-10-4-6-12(7-5-10)19-11(2)8-13(18-19)15(20)17-14(9-23-3)16(21)22/h4-8,14H,9H2,1-3H3,(H,17,20)(H,21,22). The van der Waals surface area contributed by atoms with E-state index < -0.39 is 17.9 Å². The Kier molecular flexibility index (Phi) is 5.13. The Labute approximate surface area is 133 Å². The van der Waals surface area contributed by atoms with Gasteiger partial charge < -0.3 is 15.2 Å². The molecule has 1 amide bonds. The number of nitrogens with zero attached hydrogens (tertiary/aromatic N) is 2. The maximum Gasteiger partial charge on any atom is 0.328 e. The summed E-state index contributed by atoms with van der Waals surface area (Å²) < 4.78 is 6.43. The van der Waals surface area contributed by atoms with Crippen LogP contribution in [-0.2, 0) is 9.53 Å². The van der Waals surface area contributed by atoms with Gasteiger partial charge in [0.05, 0.1) is 12.3 Å². The first kappa shape index (κ1) is 16.7. The zero-order valence-electron chi connectivity index (χ0n) is 13.2. The van der Waals surface area contributed by atoms with E-state index in [9.17, 15) is 9.59 Å². The van der Waals surface area contributed by atoms with Crippen LogP contribution in [-0.4, -0.2) is 46.5 Å². The smallest absolute Gasteiger partial charge is 0.328 e. The fraction of sp³-hybridized carbons (Fsp3) is 0.312. The molecule has 0 aliphatic rings. The molecule has 0 bridgehead atoms. The van der Waals surface area contributed by atoms with E-state index in [-0.39, 0.29) is 12.3 Å². The third kappa shape index (κ3) is 3.95. The van der Waals surface area contributed by atoms with Gasteiger partial charge in [0.25, 0.3) is 5.91 Å². The molecule has 23 heavy (non-hydrogen) atoms. The summed E-state index contributed by atoms with van der Waals surface area (Å²) in [5.41, 5.74) is 2.89. The monoisotopic (exact) mass is 317 g/mol. The molecule has 0 saturated carbocycles.